The molecule has 2 heterocycles. The minimum atomic E-state index is -0.732. The summed E-state index contributed by atoms with van der Waals surface area (Å²) < 4.78 is 0. The lowest BCUT2D eigenvalue weighted by Gasteiger charge is -2.40. The molecule has 0 spiro atoms. The fraction of sp³-hybridized carbons (Fsp3) is 0.867. The molecule has 2 aliphatic heterocycles. The molecule has 0 bridgehead atoms. The zero-order valence-electron chi connectivity index (χ0n) is 13.1. The molecule has 0 aromatic heterocycles. The molecule has 0 radical (unpaired) electrons. The summed E-state index contributed by atoms with van der Waals surface area (Å²) in [5.41, 5.74) is 0. The molecular weight excluding hydrogens is 270 g/mol. The van der Waals surface area contributed by atoms with E-state index in [4.69, 9.17) is 5.11 Å². The number of piperidine rings is 1. The molecule has 0 saturated carbocycles. The van der Waals surface area contributed by atoms with Crippen molar-refractivity contribution in [1.29, 1.82) is 0 Å². The molecular formula is C15H27N3O3. The van der Waals surface area contributed by atoms with Crippen LogP contribution in [0, 0.1) is 5.92 Å². The van der Waals surface area contributed by atoms with Gasteiger partial charge in [0.25, 0.3) is 0 Å². The van der Waals surface area contributed by atoms with E-state index in [1.54, 1.807) is 0 Å². The van der Waals surface area contributed by atoms with Crippen molar-refractivity contribution in [3.8, 4) is 0 Å². The van der Waals surface area contributed by atoms with E-state index in [1.165, 1.54) is 0 Å². The first kappa shape index (κ1) is 16.1. The van der Waals surface area contributed by atoms with Gasteiger partial charge >= 0.3 is 12.0 Å². The maximum Gasteiger partial charge on any atom is 0.320 e. The Labute approximate surface area is 126 Å². The van der Waals surface area contributed by atoms with E-state index in [2.05, 4.69) is 18.7 Å². The number of hydrogen-bond donors (Lipinski definition) is 1. The second kappa shape index (κ2) is 7.11. The second-order valence-electron chi connectivity index (χ2n) is 6.43. The van der Waals surface area contributed by atoms with E-state index in [1.807, 2.05) is 9.80 Å². The highest BCUT2D eigenvalue weighted by Gasteiger charge is 2.29. The Kier molecular flexibility index (Phi) is 5.45. The Hall–Kier alpha value is -1.30. The van der Waals surface area contributed by atoms with Crippen LogP contribution in [0.5, 0.6) is 0 Å². The molecule has 2 fully saturated rings. The van der Waals surface area contributed by atoms with Crippen LogP contribution < -0.4 is 0 Å². The number of amides is 2. The third-order valence-electron chi connectivity index (χ3n) is 4.66. The van der Waals surface area contributed by atoms with Gasteiger partial charge in [0.15, 0.2) is 0 Å². The molecule has 6 heteroatoms. The van der Waals surface area contributed by atoms with Crippen LogP contribution in [0.3, 0.4) is 0 Å². The molecule has 0 atom stereocenters. The Morgan fingerprint density at radius 3 is 2.00 bits per heavy atom. The highest BCUT2D eigenvalue weighted by atomic mass is 16.4. The lowest BCUT2D eigenvalue weighted by atomic mass is 9.94. The number of nitrogens with zero attached hydrogens (tertiary/aromatic N) is 3. The number of urea groups is 1. The number of carbonyl (C=O) groups is 2. The van der Waals surface area contributed by atoms with Crippen molar-refractivity contribution in [1.82, 2.24) is 14.7 Å². The summed E-state index contributed by atoms with van der Waals surface area (Å²) in [6, 6.07) is 0.668. The fourth-order valence-corrected chi connectivity index (χ4v) is 3.20. The van der Waals surface area contributed by atoms with Gasteiger partial charge in [-0.2, -0.15) is 0 Å². The Morgan fingerprint density at radius 1 is 1.00 bits per heavy atom. The van der Waals surface area contributed by atoms with Crippen LogP contribution in [0.2, 0.25) is 0 Å². The van der Waals surface area contributed by atoms with Crippen molar-refractivity contribution in [3.63, 3.8) is 0 Å². The number of rotatable bonds is 3. The maximum absolute atomic E-state index is 12.5. The van der Waals surface area contributed by atoms with Crippen LogP contribution in [0.4, 0.5) is 4.79 Å². The van der Waals surface area contributed by atoms with Gasteiger partial charge in [0.05, 0.1) is 0 Å². The first-order valence-corrected chi connectivity index (χ1v) is 7.97. The average molecular weight is 297 g/mol. The number of likely N-dealkylation sites (tertiary alicyclic amines) is 1. The van der Waals surface area contributed by atoms with Gasteiger partial charge in [-0.15, -0.1) is 0 Å². The van der Waals surface area contributed by atoms with Crippen molar-refractivity contribution < 1.29 is 14.7 Å². The quantitative estimate of drug-likeness (QED) is 0.853. The van der Waals surface area contributed by atoms with E-state index in [-0.39, 0.29) is 18.4 Å². The van der Waals surface area contributed by atoms with Gasteiger partial charge in [0.2, 0.25) is 0 Å². The minimum absolute atomic E-state index is 0.132. The van der Waals surface area contributed by atoms with Gasteiger partial charge in [-0.05, 0) is 32.6 Å². The normalized spacial score (nSPS) is 21.9. The molecule has 0 aromatic carbocycles. The summed E-state index contributed by atoms with van der Waals surface area (Å²) in [4.78, 5) is 29.4. The monoisotopic (exact) mass is 297 g/mol. The number of carbonyl (C=O) groups excluding carboxylic acids is 1. The highest BCUT2D eigenvalue weighted by molar-refractivity contribution is 5.74. The van der Waals surface area contributed by atoms with Gasteiger partial charge in [-0.25, -0.2) is 4.79 Å². The second-order valence-corrected chi connectivity index (χ2v) is 6.43. The lowest BCUT2D eigenvalue weighted by molar-refractivity contribution is -0.138. The summed E-state index contributed by atoms with van der Waals surface area (Å²) in [5, 5.41) is 8.82. The van der Waals surface area contributed by atoms with Crippen LogP contribution >= 0.6 is 0 Å². The van der Waals surface area contributed by atoms with Crippen molar-refractivity contribution >= 4 is 12.0 Å². The standard InChI is InChI=1S/C15H27N3O3/c1-12(2)16-7-9-18(10-8-16)15(21)17-5-3-13(4-6-17)11-14(19)20/h12-13H,3-11H2,1-2H3,(H,19,20). The van der Waals surface area contributed by atoms with Crippen LogP contribution in [0.15, 0.2) is 0 Å². The predicted molar refractivity (Wildman–Crippen MR) is 80.2 cm³/mol. The number of carboxylic acid groups (broad SMARTS) is 1. The summed E-state index contributed by atoms with van der Waals surface area (Å²) >= 11 is 0. The molecule has 2 aliphatic rings. The van der Waals surface area contributed by atoms with Crippen molar-refractivity contribution in [2.75, 3.05) is 39.3 Å². The SMILES string of the molecule is CC(C)N1CCN(C(=O)N2CCC(CC(=O)O)CC2)CC1. The molecule has 0 aromatic rings. The van der Waals surface area contributed by atoms with E-state index in [9.17, 15) is 9.59 Å². The topological polar surface area (TPSA) is 64.1 Å². The average Bonchev–Trinajstić information content (AvgIpc) is 2.47. The van der Waals surface area contributed by atoms with Crippen LogP contribution in [0.25, 0.3) is 0 Å². The predicted octanol–water partition coefficient (Wildman–Crippen LogP) is 1.32. The van der Waals surface area contributed by atoms with E-state index in [0.717, 1.165) is 39.0 Å². The lowest BCUT2D eigenvalue weighted by Crippen LogP contribution is -2.55. The number of aliphatic carboxylic acids is 1. The third kappa shape index (κ3) is 4.33. The summed E-state index contributed by atoms with van der Waals surface area (Å²) in [6.07, 6.45) is 1.85. The van der Waals surface area contributed by atoms with Crippen molar-refractivity contribution in [3.05, 3.63) is 0 Å². The number of carboxylic acids is 1. The van der Waals surface area contributed by atoms with Gasteiger partial charge in [-0.3, -0.25) is 9.69 Å². The zero-order chi connectivity index (χ0) is 15.4. The van der Waals surface area contributed by atoms with Crippen LogP contribution in [0.1, 0.15) is 33.1 Å². The minimum Gasteiger partial charge on any atom is -0.481 e. The molecule has 2 saturated heterocycles. The van der Waals surface area contributed by atoms with Crippen LogP contribution in [-0.4, -0.2) is 77.1 Å². The van der Waals surface area contributed by atoms with Gasteiger partial charge in [0, 0.05) is 51.7 Å². The molecule has 0 unspecified atom stereocenters. The first-order chi connectivity index (χ1) is 9.97. The number of piperazine rings is 1. The maximum atomic E-state index is 12.5. The van der Waals surface area contributed by atoms with Crippen molar-refractivity contribution in [2.24, 2.45) is 5.92 Å². The largest absolute Gasteiger partial charge is 0.481 e. The zero-order valence-corrected chi connectivity index (χ0v) is 13.1. The van der Waals surface area contributed by atoms with Gasteiger partial charge in [-0.1, -0.05) is 0 Å². The smallest absolute Gasteiger partial charge is 0.320 e. The summed E-state index contributed by atoms with van der Waals surface area (Å²) in [5.74, 6) is -0.506. The third-order valence-corrected chi connectivity index (χ3v) is 4.66. The van der Waals surface area contributed by atoms with Crippen molar-refractivity contribution in [2.45, 2.75) is 39.2 Å². The summed E-state index contributed by atoms with van der Waals surface area (Å²) in [6.45, 7) is 9.24. The molecule has 120 valence electrons. The molecule has 0 aliphatic carbocycles. The Balaban J connectivity index is 1.76. The molecule has 21 heavy (non-hydrogen) atoms. The molecule has 2 rings (SSSR count). The molecule has 6 nitrogen and oxygen atoms in total. The number of hydrogen-bond acceptors (Lipinski definition) is 3. The fourth-order valence-electron chi connectivity index (χ4n) is 3.20. The molecule has 1 N–H and O–H groups in total. The summed E-state index contributed by atoms with van der Waals surface area (Å²) in [7, 11) is 0. The Bertz CT molecular complexity index is 370. The van der Waals surface area contributed by atoms with E-state index >= 15 is 0 Å². The Morgan fingerprint density at radius 2 is 1.52 bits per heavy atom. The van der Waals surface area contributed by atoms with Gasteiger partial charge < -0.3 is 14.9 Å². The van der Waals surface area contributed by atoms with Gasteiger partial charge in [0.1, 0.15) is 0 Å². The first-order valence-electron chi connectivity index (χ1n) is 7.97. The highest BCUT2D eigenvalue weighted by Crippen LogP contribution is 2.21. The van der Waals surface area contributed by atoms with E-state index < -0.39 is 5.97 Å². The van der Waals surface area contributed by atoms with Crippen LogP contribution in [-0.2, 0) is 4.79 Å². The molecule has 2 amide bonds. The van der Waals surface area contributed by atoms with E-state index in [0.29, 0.717) is 19.1 Å².